The van der Waals surface area contributed by atoms with Gasteiger partial charge in [0.1, 0.15) is 0 Å². The van der Waals surface area contributed by atoms with Crippen molar-refractivity contribution in [2.75, 3.05) is 11.5 Å². The second kappa shape index (κ2) is 25.5. The van der Waals surface area contributed by atoms with E-state index in [9.17, 15) is 9.46 Å². The smallest absolute Gasteiger partial charge is 0.310 e. The fourth-order valence-corrected chi connectivity index (χ4v) is 9.53. The van der Waals surface area contributed by atoms with Gasteiger partial charge < -0.3 is 4.89 Å². The molecule has 0 spiro atoms. The predicted octanol–water partition coefficient (Wildman–Crippen LogP) is 11.2. The Morgan fingerprint density at radius 3 is 0.935 bits per heavy atom. The summed E-state index contributed by atoms with van der Waals surface area (Å²) in [5.41, 5.74) is 0. The molecular weight excluding hydrogens is 439 g/mol. The van der Waals surface area contributed by atoms with Gasteiger partial charge in [-0.3, -0.25) is 4.57 Å². The lowest BCUT2D eigenvalue weighted by atomic mass is 10.1. The number of hydrogen-bond acceptors (Lipinski definition) is 3. The third-order valence-corrected chi connectivity index (χ3v) is 12.6. The fraction of sp³-hybridized carbons (Fsp3) is 1.00. The van der Waals surface area contributed by atoms with E-state index < -0.39 is 5.77 Å². The fourth-order valence-electron chi connectivity index (χ4n) is 3.93. The van der Waals surface area contributed by atoms with Crippen molar-refractivity contribution >= 4 is 28.5 Å². The Balaban J connectivity index is 3.30. The Hall–Kier alpha value is 0.890. The zero-order valence-electron chi connectivity index (χ0n) is 21.1. The van der Waals surface area contributed by atoms with Gasteiger partial charge in [-0.1, -0.05) is 165 Å². The van der Waals surface area contributed by atoms with E-state index in [0.29, 0.717) is 0 Å². The van der Waals surface area contributed by atoms with Gasteiger partial charge in [0.05, 0.1) is 0 Å². The van der Waals surface area contributed by atoms with Gasteiger partial charge in [-0.15, -0.1) is 0 Å². The first-order chi connectivity index (χ1) is 15.1. The van der Waals surface area contributed by atoms with Crippen LogP contribution in [0.15, 0.2) is 0 Å². The second-order valence-corrected chi connectivity index (χ2v) is 16.7. The monoisotopic (exact) mass is 494 g/mol. The molecule has 0 aromatic heterocycles. The largest absolute Gasteiger partial charge is 0.329 e. The highest BCUT2D eigenvalue weighted by Crippen LogP contribution is 2.65. The lowest BCUT2D eigenvalue weighted by Crippen LogP contribution is -1.85. The highest BCUT2D eigenvalue weighted by molar-refractivity contribution is 8.88. The molecule has 5 heteroatoms. The van der Waals surface area contributed by atoms with E-state index in [0.717, 1.165) is 24.3 Å². The van der Waals surface area contributed by atoms with Gasteiger partial charge >= 0.3 is 5.77 Å². The Morgan fingerprint density at radius 2 is 0.677 bits per heavy atom. The quantitative estimate of drug-likeness (QED) is 0.0958. The first kappa shape index (κ1) is 31.9. The van der Waals surface area contributed by atoms with Gasteiger partial charge in [0.15, 0.2) is 0 Å². The van der Waals surface area contributed by atoms with Crippen LogP contribution in [0.1, 0.15) is 155 Å². The van der Waals surface area contributed by atoms with Crippen molar-refractivity contribution in [1.82, 2.24) is 0 Å². The maximum absolute atomic E-state index is 12.3. The summed E-state index contributed by atoms with van der Waals surface area (Å²) < 4.78 is 12.3. The van der Waals surface area contributed by atoms with Gasteiger partial charge in [0, 0.05) is 11.5 Å². The van der Waals surface area contributed by atoms with Crippen LogP contribution in [0.3, 0.4) is 0 Å². The van der Waals surface area contributed by atoms with E-state index in [-0.39, 0.29) is 0 Å². The zero-order chi connectivity index (χ0) is 22.9. The zero-order valence-corrected chi connectivity index (χ0v) is 23.6. The molecule has 0 amide bonds. The molecule has 1 N–H and O–H groups in total. The average Bonchev–Trinajstić information content (AvgIpc) is 2.75. The second-order valence-electron chi connectivity index (χ2n) is 9.21. The summed E-state index contributed by atoms with van der Waals surface area (Å²) in [6, 6.07) is 0. The summed E-state index contributed by atoms with van der Waals surface area (Å²) in [5, 5.41) is 0. The predicted molar refractivity (Wildman–Crippen MR) is 148 cm³/mol. The third kappa shape index (κ3) is 27.0. The van der Waals surface area contributed by atoms with Crippen molar-refractivity contribution in [2.45, 2.75) is 155 Å². The normalized spacial score (nSPS) is 12.0. The summed E-state index contributed by atoms with van der Waals surface area (Å²) in [6.45, 7) is 4.54. The van der Waals surface area contributed by atoms with E-state index in [1.807, 2.05) is 0 Å². The average molecular weight is 495 g/mol. The maximum atomic E-state index is 12.3. The molecule has 0 aliphatic heterocycles. The standard InChI is InChI=1S/C26H55O2PS2/c1-3-5-7-9-11-13-15-17-19-21-23-25-30-29(27,28)31-26-24-22-20-18-16-14-12-10-8-6-4-2/h3-26H2,1-2H3,(H,27,28). The van der Waals surface area contributed by atoms with Crippen molar-refractivity contribution in [3.8, 4) is 0 Å². The van der Waals surface area contributed by atoms with Gasteiger partial charge in [-0.25, -0.2) is 0 Å². The number of hydrogen-bond donors (Lipinski definition) is 1. The minimum atomic E-state index is -3.02. The van der Waals surface area contributed by atoms with Gasteiger partial charge in [0.25, 0.3) is 0 Å². The molecule has 31 heavy (non-hydrogen) atoms. The molecule has 0 unspecified atom stereocenters. The minimum Gasteiger partial charge on any atom is -0.329 e. The van der Waals surface area contributed by atoms with Crippen LogP contribution in [-0.4, -0.2) is 16.4 Å². The van der Waals surface area contributed by atoms with Crippen molar-refractivity contribution in [2.24, 2.45) is 0 Å². The molecule has 0 aromatic rings. The summed E-state index contributed by atoms with van der Waals surface area (Å²) in [7, 11) is 0. The molecule has 0 aromatic carbocycles. The number of rotatable bonds is 26. The molecular formula is C26H55O2PS2. The van der Waals surface area contributed by atoms with E-state index in [2.05, 4.69) is 13.8 Å². The molecule has 0 rings (SSSR count). The lowest BCUT2D eigenvalue weighted by Gasteiger charge is -2.10. The molecule has 0 fully saturated rings. The van der Waals surface area contributed by atoms with E-state index in [1.165, 1.54) is 151 Å². The SMILES string of the molecule is CCCCCCCCCCCCCSP(=O)(O)SCCCCCCCCCCCCC. The van der Waals surface area contributed by atoms with Gasteiger partial charge in [-0.05, 0) is 12.8 Å². The van der Waals surface area contributed by atoms with Crippen molar-refractivity contribution in [3.05, 3.63) is 0 Å². The molecule has 2 nitrogen and oxygen atoms in total. The molecule has 188 valence electrons. The van der Waals surface area contributed by atoms with Crippen LogP contribution in [0.2, 0.25) is 0 Å². The summed E-state index contributed by atoms with van der Waals surface area (Å²) in [6.07, 6.45) is 29.3. The van der Waals surface area contributed by atoms with Crippen molar-refractivity contribution in [1.29, 1.82) is 0 Å². The Labute approximate surface area is 204 Å². The summed E-state index contributed by atoms with van der Waals surface area (Å²) in [5.74, 6) is -1.33. The Bertz CT molecular complexity index is 362. The van der Waals surface area contributed by atoms with E-state index in [4.69, 9.17) is 0 Å². The van der Waals surface area contributed by atoms with E-state index in [1.54, 1.807) is 0 Å². The molecule has 0 bridgehead atoms. The molecule has 0 heterocycles. The van der Waals surface area contributed by atoms with Gasteiger partial charge in [0.2, 0.25) is 0 Å². The van der Waals surface area contributed by atoms with Crippen molar-refractivity contribution in [3.63, 3.8) is 0 Å². The highest BCUT2D eigenvalue weighted by Gasteiger charge is 2.18. The molecule has 0 atom stereocenters. The van der Waals surface area contributed by atoms with E-state index >= 15 is 0 Å². The Kier molecular flexibility index (Phi) is 26.2. The first-order valence-corrected chi connectivity index (χ1v) is 18.6. The van der Waals surface area contributed by atoms with Crippen LogP contribution < -0.4 is 0 Å². The van der Waals surface area contributed by atoms with Crippen LogP contribution in [-0.2, 0) is 4.57 Å². The molecule has 0 aliphatic rings. The Morgan fingerprint density at radius 1 is 0.452 bits per heavy atom. The van der Waals surface area contributed by atoms with Crippen LogP contribution in [0.25, 0.3) is 0 Å². The molecule has 0 aliphatic carbocycles. The lowest BCUT2D eigenvalue weighted by molar-refractivity contribution is 0.514. The first-order valence-electron chi connectivity index (χ1n) is 13.7. The highest BCUT2D eigenvalue weighted by atomic mass is 33.1. The summed E-state index contributed by atoms with van der Waals surface area (Å²) >= 11 is 2.63. The summed E-state index contributed by atoms with van der Waals surface area (Å²) in [4.78, 5) is 10.1. The van der Waals surface area contributed by atoms with Gasteiger partial charge in [-0.2, -0.15) is 0 Å². The maximum Gasteiger partial charge on any atom is 0.310 e. The topological polar surface area (TPSA) is 37.3 Å². The molecule has 0 radical (unpaired) electrons. The van der Waals surface area contributed by atoms with Crippen LogP contribution >= 0.6 is 28.5 Å². The third-order valence-electron chi connectivity index (χ3n) is 6.00. The molecule has 0 saturated heterocycles. The van der Waals surface area contributed by atoms with Crippen LogP contribution in [0, 0.1) is 0 Å². The minimum absolute atomic E-state index is 0.843. The van der Waals surface area contributed by atoms with Crippen molar-refractivity contribution < 1.29 is 9.46 Å². The number of unbranched alkanes of at least 4 members (excludes halogenated alkanes) is 20. The molecule has 0 saturated carbocycles. The van der Waals surface area contributed by atoms with Crippen LogP contribution in [0.4, 0.5) is 0 Å². The van der Waals surface area contributed by atoms with Crippen LogP contribution in [0.5, 0.6) is 0 Å².